The summed E-state index contributed by atoms with van der Waals surface area (Å²) >= 11 is 0. The monoisotopic (exact) mass is 417 g/mol. The van der Waals surface area contributed by atoms with Crippen molar-refractivity contribution >= 4 is 22.7 Å². The molecule has 0 radical (unpaired) electrons. The van der Waals surface area contributed by atoms with Gasteiger partial charge in [0.15, 0.2) is 5.65 Å². The van der Waals surface area contributed by atoms with Gasteiger partial charge in [-0.25, -0.2) is 9.78 Å². The maximum atomic E-state index is 13.0. The lowest BCUT2D eigenvalue weighted by atomic mass is 9.96. The van der Waals surface area contributed by atoms with E-state index in [1.807, 2.05) is 53.6 Å². The summed E-state index contributed by atoms with van der Waals surface area (Å²) in [6.07, 6.45) is 3.75. The number of aromatic nitrogens is 5. The number of hydrogen-bond acceptors (Lipinski definition) is 4. The molecule has 2 N–H and O–H groups in total. The SMILES string of the molecule is CC(C)C(NC(=O)N1CCC(c2nnc3ccccn23)CC1)c1nc2ccccc2[nH]1. The van der Waals surface area contributed by atoms with E-state index >= 15 is 0 Å². The molecule has 1 saturated heterocycles. The van der Waals surface area contributed by atoms with Gasteiger partial charge in [0.2, 0.25) is 0 Å². The van der Waals surface area contributed by atoms with Crippen LogP contribution in [0.4, 0.5) is 4.79 Å². The zero-order chi connectivity index (χ0) is 21.4. The molecule has 1 unspecified atom stereocenters. The van der Waals surface area contributed by atoms with E-state index in [9.17, 15) is 4.79 Å². The molecule has 4 aromatic rings. The quantitative estimate of drug-likeness (QED) is 0.527. The number of pyridine rings is 1. The topological polar surface area (TPSA) is 91.2 Å². The van der Waals surface area contributed by atoms with Crippen LogP contribution in [0.3, 0.4) is 0 Å². The van der Waals surface area contributed by atoms with Crippen molar-refractivity contribution in [3.63, 3.8) is 0 Å². The van der Waals surface area contributed by atoms with Crippen LogP contribution in [0.25, 0.3) is 16.7 Å². The number of urea groups is 1. The molecular weight excluding hydrogens is 390 g/mol. The number of likely N-dealkylation sites (tertiary alicyclic amines) is 1. The maximum absolute atomic E-state index is 13.0. The highest BCUT2D eigenvalue weighted by Crippen LogP contribution is 2.28. The third-order valence-electron chi connectivity index (χ3n) is 6.14. The third-order valence-corrected chi connectivity index (χ3v) is 6.14. The van der Waals surface area contributed by atoms with E-state index in [1.165, 1.54) is 0 Å². The summed E-state index contributed by atoms with van der Waals surface area (Å²) in [4.78, 5) is 23.0. The highest BCUT2D eigenvalue weighted by Gasteiger charge is 2.29. The van der Waals surface area contributed by atoms with Gasteiger partial charge in [0.25, 0.3) is 0 Å². The summed E-state index contributed by atoms with van der Waals surface area (Å²) in [7, 11) is 0. The second kappa shape index (κ2) is 8.02. The molecule has 0 saturated carbocycles. The maximum Gasteiger partial charge on any atom is 0.317 e. The highest BCUT2D eigenvalue weighted by atomic mass is 16.2. The summed E-state index contributed by atoms with van der Waals surface area (Å²) in [6, 6.07) is 13.7. The van der Waals surface area contributed by atoms with E-state index in [2.05, 4.69) is 38.7 Å². The lowest BCUT2D eigenvalue weighted by Crippen LogP contribution is -2.46. The van der Waals surface area contributed by atoms with Crippen molar-refractivity contribution in [2.45, 2.75) is 38.6 Å². The van der Waals surface area contributed by atoms with Crippen molar-refractivity contribution in [1.29, 1.82) is 0 Å². The molecule has 0 bridgehead atoms. The molecular formula is C23H27N7O. The normalized spacial score (nSPS) is 16.3. The van der Waals surface area contributed by atoms with Crippen LogP contribution < -0.4 is 5.32 Å². The number of nitrogens with one attached hydrogen (secondary N) is 2. The average Bonchev–Trinajstić information content (AvgIpc) is 3.41. The van der Waals surface area contributed by atoms with E-state index in [4.69, 9.17) is 4.98 Å². The Labute approximate surface area is 180 Å². The fourth-order valence-electron chi connectivity index (χ4n) is 4.37. The number of piperidine rings is 1. The summed E-state index contributed by atoms with van der Waals surface area (Å²) in [5.41, 5.74) is 2.76. The molecule has 0 spiro atoms. The van der Waals surface area contributed by atoms with Crippen LogP contribution in [0.5, 0.6) is 0 Å². The van der Waals surface area contributed by atoms with E-state index in [-0.39, 0.29) is 18.0 Å². The first-order valence-corrected chi connectivity index (χ1v) is 10.9. The summed E-state index contributed by atoms with van der Waals surface area (Å²) in [5, 5.41) is 11.9. The Balaban J connectivity index is 1.26. The minimum absolute atomic E-state index is 0.0382. The van der Waals surface area contributed by atoms with E-state index in [1.54, 1.807) is 0 Å². The molecule has 31 heavy (non-hydrogen) atoms. The highest BCUT2D eigenvalue weighted by molar-refractivity contribution is 5.76. The van der Waals surface area contributed by atoms with E-state index in [0.717, 1.165) is 41.2 Å². The zero-order valence-electron chi connectivity index (χ0n) is 17.8. The van der Waals surface area contributed by atoms with Crippen molar-refractivity contribution in [1.82, 2.24) is 34.8 Å². The molecule has 3 aromatic heterocycles. The molecule has 1 atom stereocenters. The van der Waals surface area contributed by atoms with Crippen molar-refractivity contribution in [2.75, 3.05) is 13.1 Å². The average molecular weight is 418 g/mol. The molecule has 160 valence electrons. The Morgan fingerprint density at radius 3 is 2.65 bits per heavy atom. The molecule has 1 aromatic carbocycles. The van der Waals surface area contributed by atoms with E-state index < -0.39 is 0 Å². The zero-order valence-corrected chi connectivity index (χ0v) is 17.8. The molecule has 8 nitrogen and oxygen atoms in total. The van der Waals surface area contributed by atoms with Crippen molar-refractivity contribution < 1.29 is 4.79 Å². The van der Waals surface area contributed by atoms with Crippen LogP contribution in [0, 0.1) is 5.92 Å². The van der Waals surface area contributed by atoms with Gasteiger partial charge in [0, 0.05) is 25.2 Å². The number of carbonyl (C=O) groups excluding carboxylic acids is 1. The molecule has 8 heteroatoms. The fourth-order valence-corrected chi connectivity index (χ4v) is 4.37. The Bertz CT molecular complexity index is 1170. The van der Waals surface area contributed by atoms with Crippen LogP contribution in [0.2, 0.25) is 0 Å². The predicted molar refractivity (Wildman–Crippen MR) is 119 cm³/mol. The predicted octanol–water partition coefficient (Wildman–Crippen LogP) is 3.89. The first-order chi connectivity index (χ1) is 15.1. The number of nitrogens with zero attached hydrogens (tertiary/aromatic N) is 5. The largest absolute Gasteiger partial charge is 0.340 e. The summed E-state index contributed by atoms with van der Waals surface area (Å²) < 4.78 is 2.05. The van der Waals surface area contributed by atoms with Crippen LogP contribution >= 0.6 is 0 Å². The second-order valence-corrected chi connectivity index (χ2v) is 8.56. The number of carbonyl (C=O) groups is 1. The van der Waals surface area contributed by atoms with Gasteiger partial charge < -0.3 is 15.2 Å². The second-order valence-electron chi connectivity index (χ2n) is 8.56. The van der Waals surface area contributed by atoms with Gasteiger partial charge in [0.05, 0.1) is 17.1 Å². The first-order valence-electron chi connectivity index (χ1n) is 10.9. The van der Waals surface area contributed by atoms with Crippen LogP contribution in [-0.4, -0.2) is 48.6 Å². The summed E-state index contributed by atoms with van der Waals surface area (Å²) in [5.74, 6) is 2.30. The number of amides is 2. The number of hydrogen-bond donors (Lipinski definition) is 2. The number of imidazole rings is 1. The number of aromatic amines is 1. The standard InChI is InChI=1S/C23H27N7O/c1-15(2)20(21-24-17-7-3-4-8-18(17)25-21)26-23(31)29-13-10-16(11-14-29)22-28-27-19-9-5-6-12-30(19)22/h3-9,12,15-16,20H,10-11,13-14H2,1-2H3,(H,24,25)(H,26,31). The number of H-pyrrole nitrogens is 1. The Morgan fingerprint density at radius 1 is 1.10 bits per heavy atom. The molecule has 5 rings (SSSR count). The molecule has 0 aliphatic carbocycles. The number of benzene rings is 1. The Morgan fingerprint density at radius 2 is 1.87 bits per heavy atom. The third kappa shape index (κ3) is 3.73. The minimum atomic E-state index is -0.168. The fraction of sp³-hybridized carbons (Fsp3) is 0.391. The smallest absolute Gasteiger partial charge is 0.317 e. The molecule has 2 amide bonds. The Kier molecular flexibility index (Phi) is 5.05. The number of rotatable bonds is 4. The van der Waals surface area contributed by atoms with Crippen LogP contribution in [0.1, 0.15) is 50.3 Å². The van der Waals surface area contributed by atoms with Gasteiger partial charge in [-0.15, -0.1) is 10.2 Å². The summed E-state index contributed by atoms with van der Waals surface area (Å²) in [6.45, 7) is 5.59. The lowest BCUT2D eigenvalue weighted by Gasteiger charge is -2.33. The number of fused-ring (bicyclic) bond motifs is 2. The van der Waals surface area contributed by atoms with Gasteiger partial charge >= 0.3 is 6.03 Å². The van der Waals surface area contributed by atoms with Crippen LogP contribution in [-0.2, 0) is 0 Å². The Hall–Kier alpha value is -3.42. The first kappa shape index (κ1) is 19.5. The lowest BCUT2D eigenvalue weighted by molar-refractivity contribution is 0.172. The van der Waals surface area contributed by atoms with Crippen LogP contribution in [0.15, 0.2) is 48.7 Å². The van der Waals surface area contributed by atoms with Crippen molar-refractivity contribution in [2.24, 2.45) is 5.92 Å². The minimum Gasteiger partial charge on any atom is -0.340 e. The van der Waals surface area contributed by atoms with E-state index in [0.29, 0.717) is 19.0 Å². The van der Waals surface area contributed by atoms with Crippen molar-refractivity contribution in [3.8, 4) is 0 Å². The number of para-hydroxylation sites is 2. The molecule has 1 fully saturated rings. The molecule has 4 heterocycles. The van der Waals surface area contributed by atoms with Gasteiger partial charge in [-0.1, -0.05) is 32.0 Å². The van der Waals surface area contributed by atoms with Gasteiger partial charge in [0.1, 0.15) is 11.6 Å². The molecule has 1 aliphatic heterocycles. The van der Waals surface area contributed by atoms with Gasteiger partial charge in [-0.05, 0) is 43.0 Å². The van der Waals surface area contributed by atoms with Crippen molar-refractivity contribution in [3.05, 3.63) is 60.3 Å². The molecule has 1 aliphatic rings. The van der Waals surface area contributed by atoms with Gasteiger partial charge in [-0.2, -0.15) is 0 Å². The van der Waals surface area contributed by atoms with Gasteiger partial charge in [-0.3, -0.25) is 4.40 Å².